The molecule has 0 amide bonds. The van der Waals surface area contributed by atoms with Crippen LogP contribution >= 0.6 is 0 Å². The SMILES string of the molecule is CC/C=C/C=C/C=C/C=C/C=C/C=C/C=C/CCCCCC(=O)OC(COCCC(C(=O)[O-])[N+](C)(C)C)COC(=O)CCCCCCCCCCCCCCCCCCCC. The van der Waals surface area contributed by atoms with E-state index in [1.807, 2.05) is 72.9 Å². The number of ether oxygens (including phenoxy) is 3. The van der Waals surface area contributed by atoms with Crippen molar-refractivity contribution in [3.05, 3.63) is 85.1 Å². The number of carboxylic acids is 1. The number of nitrogens with zero attached hydrogens (tertiary/aromatic N) is 1. The van der Waals surface area contributed by atoms with Crippen molar-refractivity contribution in [3.63, 3.8) is 0 Å². The number of aliphatic carboxylic acids is 1. The van der Waals surface area contributed by atoms with Crippen LogP contribution < -0.4 is 5.11 Å². The van der Waals surface area contributed by atoms with E-state index < -0.39 is 18.1 Å². The zero-order valence-electron chi connectivity index (χ0n) is 39.5. The number of unbranched alkanes of at least 4 members (excludes halogenated alkanes) is 20. The smallest absolute Gasteiger partial charge is 0.306 e. The molecule has 8 heteroatoms. The van der Waals surface area contributed by atoms with E-state index in [4.69, 9.17) is 14.2 Å². The lowest BCUT2D eigenvalue weighted by Crippen LogP contribution is -2.55. The Morgan fingerprint density at radius 2 is 0.918 bits per heavy atom. The predicted octanol–water partition coefficient (Wildman–Crippen LogP) is 12.4. The highest BCUT2D eigenvalue weighted by atomic mass is 16.6. The van der Waals surface area contributed by atoms with Crippen molar-refractivity contribution >= 4 is 17.9 Å². The van der Waals surface area contributed by atoms with E-state index >= 15 is 0 Å². The van der Waals surface area contributed by atoms with Gasteiger partial charge in [-0.3, -0.25) is 9.59 Å². The Morgan fingerprint density at radius 3 is 1.36 bits per heavy atom. The predicted molar refractivity (Wildman–Crippen MR) is 254 cm³/mol. The maximum absolute atomic E-state index is 12.7. The molecule has 0 aromatic carbocycles. The van der Waals surface area contributed by atoms with Gasteiger partial charge in [0.05, 0.1) is 40.3 Å². The fourth-order valence-corrected chi connectivity index (χ4v) is 6.76. The first-order valence-corrected chi connectivity index (χ1v) is 24.2. The van der Waals surface area contributed by atoms with E-state index in [1.54, 1.807) is 21.1 Å². The number of hydrogen-bond donors (Lipinski definition) is 0. The monoisotopic (exact) mass is 852 g/mol. The van der Waals surface area contributed by atoms with Gasteiger partial charge in [-0.1, -0.05) is 214 Å². The molecular formula is C53H89NO7. The summed E-state index contributed by atoms with van der Waals surface area (Å²) in [5.41, 5.74) is 0. The molecule has 0 spiro atoms. The molecule has 8 nitrogen and oxygen atoms in total. The van der Waals surface area contributed by atoms with E-state index in [9.17, 15) is 19.5 Å². The maximum Gasteiger partial charge on any atom is 0.306 e. The lowest BCUT2D eigenvalue weighted by molar-refractivity contribution is -0.889. The van der Waals surface area contributed by atoms with Gasteiger partial charge in [0.15, 0.2) is 6.10 Å². The molecule has 0 radical (unpaired) electrons. The van der Waals surface area contributed by atoms with Crippen LogP contribution in [0.15, 0.2) is 85.1 Å². The summed E-state index contributed by atoms with van der Waals surface area (Å²) in [5, 5.41) is 11.6. The van der Waals surface area contributed by atoms with Crippen LogP contribution in [0, 0.1) is 0 Å². The van der Waals surface area contributed by atoms with Crippen molar-refractivity contribution in [3.8, 4) is 0 Å². The van der Waals surface area contributed by atoms with E-state index in [0.29, 0.717) is 12.8 Å². The normalized spacial score (nSPS) is 13.7. The van der Waals surface area contributed by atoms with Crippen LogP contribution in [0.5, 0.6) is 0 Å². The Balaban J connectivity index is 4.40. The number of esters is 2. The topological polar surface area (TPSA) is 102 Å². The standard InChI is InChI=1S/C53H89NO7/c1-6-8-10-12-14-16-18-20-22-24-26-28-30-32-34-36-38-40-42-44-52(56)61-49(47-59-46-45-50(53(57)58)54(3,4)5)48-60-51(55)43-41-39-37-35-33-31-29-27-25-23-21-19-17-15-13-11-9-7-2/h8,10,12,14,16,18,20,22,24,26,28,30,32,34,49-50H,6-7,9,11,13,15,17,19,21,23,25,27,29,31,33,35-48H2,1-5H3/b10-8+,14-12+,18-16+,22-20+,26-24+,30-28+,34-32+. The Labute approximate surface area is 373 Å². The zero-order valence-corrected chi connectivity index (χ0v) is 39.5. The third-order valence-corrected chi connectivity index (χ3v) is 10.5. The number of rotatable bonds is 42. The summed E-state index contributed by atoms with van der Waals surface area (Å²) in [6.07, 6.45) is 56.1. The fraction of sp³-hybridized carbons (Fsp3) is 0.679. The number of quaternary nitrogens is 1. The van der Waals surface area contributed by atoms with Crippen molar-refractivity contribution in [2.75, 3.05) is 41.0 Å². The van der Waals surface area contributed by atoms with Crippen LogP contribution in [-0.4, -0.2) is 75.5 Å². The molecule has 0 bridgehead atoms. The van der Waals surface area contributed by atoms with Gasteiger partial charge in [-0.2, -0.15) is 0 Å². The van der Waals surface area contributed by atoms with Gasteiger partial charge < -0.3 is 28.6 Å². The van der Waals surface area contributed by atoms with Crippen LogP contribution in [-0.2, 0) is 28.6 Å². The quantitative estimate of drug-likeness (QED) is 0.0261. The molecule has 0 heterocycles. The third kappa shape index (κ3) is 41.6. The molecule has 0 saturated carbocycles. The highest BCUT2D eigenvalue weighted by Crippen LogP contribution is 2.15. The van der Waals surface area contributed by atoms with Crippen molar-refractivity contribution < 1.29 is 38.2 Å². The molecule has 0 aliphatic rings. The lowest BCUT2D eigenvalue weighted by Gasteiger charge is -2.34. The van der Waals surface area contributed by atoms with Crippen LogP contribution in [0.25, 0.3) is 0 Å². The van der Waals surface area contributed by atoms with E-state index in [-0.39, 0.29) is 49.1 Å². The summed E-state index contributed by atoms with van der Waals surface area (Å²) in [5.74, 6) is -1.80. The lowest BCUT2D eigenvalue weighted by atomic mass is 10.0. The van der Waals surface area contributed by atoms with Crippen molar-refractivity contribution in [1.82, 2.24) is 0 Å². The largest absolute Gasteiger partial charge is 0.544 e. The fourth-order valence-electron chi connectivity index (χ4n) is 6.76. The summed E-state index contributed by atoms with van der Waals surface area (Å²) >= 11 is 0. The molecular weight excluding hydrogens is 763 g/mol. The van der Waals surface area contributed by atoms with Crippen molar-refractivity contribution in [1.29, 1.82) is 0 Å². The Hall–Kier alpha value is -3.49. The summed E-state index contributed by atoms with van der Waals surface area (Å²) in [6.45, 7) is 4.47. The van der Waals surface area contributed by atoms with Crippen LogP contribution in [0.4, 0.5) is 0 Å². The zero-order chi connectivity index (χ0) is 44.9. The number of carboxylic acid groups (broad SMARTS) is 1. The number of likely N-dealkylation sites (N-methyl/N-ethyl adjacent to an activating group) is 1. The molecule has 0 aliphatic heterocycles. The second-order valence-electron chi connectivity index (χ2n) is 17.2. The Kier molecular flexibility index (Phi) is 40.7. The number of carbonyl (C=O) groups excluding carboxylic acids is 3. The van der Waals surface area contributed by atoms with Gasteiger partial charge in [0.2, 0.25) is 0 Å². The minimum atomic E-state index is -1.14. The van der Waals surface area contributed by atoms with E-state index in [1.165, 1.54) is 96.3 Å². The molecule has 2 atom stereocenters. The van der Waals surface area contributed by atoms with Crippen LogP contribution in [0.1, 0.15) is 181 Å². The molecule has 0 aromatic heterocycles. The molecule has 0 N–H and O–H groups in total. The van der Waals surface area contributed by atoms with E-state index in [2.05, 4.69) is 26.0 Å². The third-order valence-electron chi connectivity index (χ3n) is 10.5. The molecule has 0 rings (SSSR count). The Bertz CT molecular complexity index is 1270. The van der Waals surface area contributed by atoms with Crippen molar-refractivity contribution in [2.24, 2.45) is 0 Å². The van der Waals surface area contributed by atoms with Crippen molar-refractivity contribution in [2.45, 2.75) is 193 Å². The van der Waals surface area contributed by atoms with E-state index in [0.717, 1.165) is 44.9 Å². The van der Waals surface area contributed by atoms with Gasteiger partial charge in [-0.05, 0) is 32.1 Å². The first kappa shape index (κ1) is 57.5. The van der Waals surface area contributed by atoms with Crippen LogP contribution in [0.2, 0.25) is 0 Å². The molecule has 0 aromatic rings. The minimum absolute atomic E-state index is 0.0186. The van der Waals surface area contributed by atoms with Gasteiger partial charge >= 0.3 is 11.9 Å². The van der Waals surface area contributed by atoms with Gasteiger partial charge in [-0.15, -0.1) is 0 Å². The molecule has 348 valence electrons. The molecule has 61 heavy (non-hydrogen) atoms. The average molecular weight is 852 g/mol. The van der Waals surface area contributed by atoms with Gasteiger partial charge in [0.25, 0.3) is 0 Å². The number of allylic oxidation sites excluding steroid dienone is 14. The number of hydrogen-bond acceptors (Lipinski definition) is 7. The first-order chi connectivity index (χ1) is 29.6. The molecule has 0 fully saturated rings. The van der Waals surface area contributed by atoms with Gasteiger partial charge in [0, 0.05) is 19.3 Å². The highest BCUT2D eigenvalue weighted by molar-refractivity contribution is 5.70. The summed E-state index contributed by atoms with van der Waals surface area (Å²) in [7, 11) is 5.39. The molecule has 0 aliphatic carbocycles. The van der Waals surface area contributed by atoms with Gasteiger partial charge in [-0.25, -0.2) is 0 Å². The minimum Gasteiger partial charge on any atom is -0.544 e. The second kappa shape index (κ2) is 43.2. The Morgan fingerprint density at radius 1 is 0.508 bits per heavy atom. The molecule has 2 unspecified atom stereocenters. The maximum atomic E-state index is 12.7. The summed E-state index contributed by atoms with van der Waals surface area (Å²) < 4.78 is 17.2. The number of carbonyl (C=O) groups is 3. The summed E-state index contributed by atoms with van der Waals surface area (Å²) in [6, 6.07) is -0.739. The summed E-state index contributed by atoms with van der Waals surface area (Å²) in [4.78, 5) is 37.0. The van der Waals surface area contributed by atoms with Gasteiger partial charge in [0.1, 0.15) is 12.6 Å². The molecule has 0 saturated heterocycles. The second-order valence-corrected chi connectivity index (χ2v) is 17.2. The van der Waals surface area contributed by atoms with Crippen LogP contribution in [0.3, 0.4) is 0 Å². The average Bonchev–Trinajstić information content (AvgIpc) is 3.22. The first-order valence-electron chi connectivity index (χ1n) is 24.2. The highest BCUT2D eigenvalue weighted by Gasteiger charge is 2.25.